The topological polar surface area (TPSA) is 107 Å². The van der Waals surface area contributed by atoms with Crippen molar-refractivity contribution in [3.63, 3.8) is 0 Å². The lowest BCUT2D eigenvalue weighted by molar-refractivity contribution is 0.0593. The lowest BCUT2D eigenvalue weighted by Gasteiger charge is -2.04. The molecule has 0 aliphatic carbocycles. The smallest absolute Gasteiger partial charge is 0.356 e. The summed E-state index contributed by atoms with van der Waals surface area (Å²) >= 11 is 1.19. The van der Waals surface area contributed by atoms with Crippen LogP contribution in [0.25, 0.3) is 0 Å². The second-order valence-electron chi connectivity index (χ2n) is 2.98. The number of anilines is 1. The number of ether oxygens (including phenoxy) is 1. The fourth-order valence-electron chi connectivity index (χ4n) is 1.09. The summed E-state index contributed by atoms with van der Waals surface area (Å²) in [6.45, 7) is 0. The minimum absolute atomic E-state index is 0.198. The summed E-state index contributed by atoms with van der Waals surface area (Å²) < 4.78 is 4.58. The van der Waals surface area contributed by atoms with Crippen LogP contribution in [0.15, 0.2) is 28.6 Å². The summed E-state index contributed by atoms with van der Waals surface area (Å²) in [7, 11) is 1.30. The zero-order chi connectivity index (χ0) is 12.3. The van der Waals surface area contributed by atoms with Crippen LogP contribution in [-0.4, -0.2) is 33.2 Å². The first-order chi connectivity index (χ1) is 8.20. The van der Waals surface area contributed by atoms with Crippen molar-refractivity contribution in [2.75, 3.05) is 12.8 Å². The van der Waals surface area contributed by atoms with E-state index >= 15 is 0 Å². The number of hydrogen-bond acceptors (Lipinski definition) is 7. The Morgan fingerprint density at radius 2 is 2.35 bits per heavy atom. The van der Waals surface area contributed by atoms with Gasteiger partial charge in [0.25, 0.3) is 0 Å². The highest BCUT2D eigenvalue weighted by Gasteiger charge is 2.12. The molecule has 0 bridgehead atoms. The van der Waals surface area contributed by atoms with E-state index in [4.69, 9.17) is 5.73 Å². The van der Waals surface area contributed by atoms with E-state index in [2.05, 4.69) is 24.9 Å². The lowest BCUT2D eigenvalue weighted by Crippen LogP contribution is -2.06. The number of rotatable bonds is 3. The maximum atomic E-state index is 11.3. The molecule has 0 aliphatic heterocycles. The van der Waals surface area contributed by atoms with Crippen molar-refractivity contribution in [1.29, 1.82) is 0 Å². The number of nitrogens with two attached hydrogens (primary N) is 1. The summed E-state index contributed by atoms with van der Waals surface area (Å²) in [5.41, 5.74) is 6.41. The predicted molar refractivity (Wildman–Crippen MR) is 60.5 cm³/mol. The van der Waals surface area contributed by atoms with Gasteiger partial charge in [0.15, 0.2) is 5.16 Å². The van der Waals surface area contributed by atoms with Crippen LogP contribution in [0, 0.1) is 0 Å². The Hall–Kier alpha value is -2.09. The van der Waals surface area contributed by atoms with Crippen molar-refractivity contribution in [2.45, 2.75) is 10.2 Å². The van der Waals surface area contributed by atoms with E-state index in [-0.39, 0.29) is 5.69 Å². The molecule has 0 fully saturated rings. The number of aromatic nitrogens is 4. The molecular weight excluding hydrogens is 242 g/mol. The first-order valence-corrected chi connectivity index (χ1v) is 5.40. The van der Waals surface area contributed by atoms with Crippen molar-refractivity contribution < 1.29 is 9.53 Å². The minimum Gasteiger partial charge on any atom is -0.464 e. The average Bonchev–Trinajstić information content (AvgIpc) is 2.84. The highest BCUT2D eigenvalue weighted by molar-refractivity contribution is 7.99. The van der Waals surface area contributed by atoms with Gasteiger partial charge in [0.2, 0.25) is 0 Å². The molecule has 2 aromatic rings. The Morgan fingerprint density at radius 1 is 1.53 bits per heavy atom. The number of H-pyrrole nitrogens is 1. The van der Waals surface area contributed by atoms with Crippen molar-refractivity contribution in [1.82, 2.24) is 20.2 Å². The maximum absolute atomic E-state index is 11.3. The molecule has 17 heavy (non-hydrogen) atoms. The summed E-state index contributed by atoms with van der Waals surface area (Å²) in [4.78, 5) is 19.3. The molecule has 2 aromatic heterocycles. The van der Waals surface area contributed by atoms with Crippen LogP contribution < -0.4 is 5.73 Å². The van der Waals surface area contributed by atoms with Gasteiger partial charge in [-0.05, 0) is 23.9 Å². The number of pyridine rings is 1. The van der Waals surface area contributed by atoms with Crippen molar-refractivity contribution in [3.8, 4) is 0 Å². The molecule has 7 nitrogen and oxygen atoms in total. The molecule has 0 amide bonds. The number of esters is 1. The first kappa shape index (κ1) is 11.4. The van der Waals surface area contributed by atoms with Gasteiger partial charge in [-0.2, -0.15) is 5.10 Å². The zero-order valence-corrected chi connectivity index (χ0v) is 9.69. The quantitative estimate of drug-likeness (QED) is 0.774. The number of nitrogens with zero attached hydrogens (tertiary/aromatic N) is 3. The summed E-state index contributed by atoms with van der Waals surface area (Å²) in [5.74, 6) is -0.510. The Balaban J connectivity index is 2.29. The molecule has 88 valence electrons. The number of methoxy groups -OCH3 is 1. The van der Waals surface area contributed by atoms with Crippen LogP contribution in [0.5, 0.6) is 0 Å². The van der Waals surface area contributed by atoms with Crippen LogP contribution >= 0.6 is 11.8 Å². The van der Waals surface area contributed by atoms with Crippen LogP contribution in [0.4, 0.5) is 5.69 Å². The van der Waals surface area contributed by atoms with E-state index in [9.17, 15) is 4.79 Å². The molecule has 0 radical (unpaired) electrons. The van der Waals surface area contributed by atoms with Gasteiger partial charge in [-0.25, -0.2) is 14.8 Å². The van der Waals surface area contributed by atoms with Gasteiger partial charge >= 0.3 is 5.97 Å². The van der Waals surface area contributed by atoms with Crippen molar-refractivity contribution >= 4 is 23.4 Å². The van der Waals surface area contributed by atoms with Crippen LogP contribution in [0.3, 0.4) is 0 Å². The fraction of sp³-hybridized carbons (Fsp3) is 0.111. The third kappa shape index (κ3) is 2.53. The lowest BCUT2D eigenvalue weighted by atomic mass is 10.3. The first-order valence-electron chi connectivity index (χ1n) is 4.58. The molecule has 0 atom stereocenters. The standard InChI is InChI=1S/C9H9N5O2S/c1-16-8(15)6-3-2-5(10)7(13-6)17-9-11-4-12-14-9/h2-4H,10H2,1H3,(H,11,12,14). The Bertz CT molecular complexity index is 528. The van der Waals surface area contributed by atoms with E-state index < -0.39 is 5.97 Å². The van der Waals surface area contributed by atoms with Gasteiger partial charge in [0.05, 0.1) is 12.8 Å². The molecule has 0 aliphatic rings. The van der Waals surface area contributed by atoms with Crippen molar-refractivity contribution in [2.24, 2.45) is 0 Å². The molecule has 2 rings (SSSR count). The third-order valence-corrected chi connectivity index (χ3v) is 2.78. The maximum Gasteiger partial charge on any atom is 0.356 e. The summed E-state index contributed by atoms with van der Waals surface area (Å²) in [6.07, 6.45) is 1.38. The zero-order valence-electron chi connectivity index (χ0n) is 8.88. The number of carbonyl (C=O) groups excluding carboxylic acids is 1. The Kier molecular flexibility index (Phi) is 3.24. The van der Waals surface area contributed by atoms with Crippen LogP contribution in [0.1, 0.15) is 10.5 Å². The van der Waals surface area contributed by atoms with E-state index in [1.165, 1.54) is 31.3 Å². The number of hydrogen-bond donors (Lipinski definition) is 2. The van der Waals surface area contributed by atoms with E-state index in [0.717, 1.165) is 0 Å². The molecular formula is C9H9N5O2S. The van der Waals surface area contributed by atoms with Crippen LogP contribution in [-0.2, 0) is 4.74 Å². The van der Waals surface area contributed by atoms with Gasteiger partial charge in [0.1, 0.15) is 17.0 Å². The monoisotopic (exact) mass is 251 g/mol. The normalized spacial score (nSPS) is 10.2. The Labute approximate surface area is 101 Å². The van der Waals surface area contributed by atoms with Crippen molar-refractivity contribution in [3.05, 3.63) is 24.2 Å². The van der Waals surface area contributed by atoms with Gasteiger partial charge in [0, 0.05) is 0 Å². The number of carbonyl (C=O) groups is 1. The predicted octanol–water partition coefficient (Wildman–Crippen LogP) is 0.720. The van der Waals surface area contributed by atoms with Gasteiger partial charge < -0.3 is 10.5 Å². The molecule has 3 N–H and O–H groups in total. The second kappa shape index (κ2) is 4.83. The molecule has 0 aromatic carbocycles. The summed E-state index contributed by atoms with van der Waals surface area (Å²) in [5, 5.41) is 7.39. The number of nitrogens with one attached hydrogen (secondary N) is 1. The molecule has 0 spiro atoms. The molecule has 0 saturated heterocycles. The molecule has 0 saturated carbocycles. The average molecular weight is 251 g/mol. The van der Waals surface area contributed by atoms with Gasteiger partial charge in [-0.1, -0.05) is 0 Å². The molecule has 0 unspecified atom stereocenters. The number of nitrogen functional groups attached to an aromatic ring is 1. The number of aromatic amines is 1. The largest absolute Gasteiger partial charge is 0.464 e. The van der Waals surface area contributed by atoms with Gasteiger partial charge in [-0.15, -0.1) is 0 Å². The fourth-order valence-corrected chi connectivity index (χ4v) is 1.80. The molecule has 2 heterocycles. The Morgan fingerprint density at radius 3 is 3.00 bits per heavy atom. The summed E-state index contributed by atoms with van der Waals surface area (Å²) in [6, 6.07) is 3.10. The highest BCUT2D eigenvalue weighted by Crippen LogP contribution is 2.27. The molecule has 8 heteroatoms. The van der Waals surface area contributed by atoms with E-state index in [1.807, 2.05) is 0 Å². The second-order valence-corrected chi connectivity index (χ2v) is 3.95. The SMILES string of the molecule is COC(=O)c1ccc(N)c(Sc2ncn[nH]2)n1. The third-order valence-electron chi connectivity index (χ3n) is 1.87. The highest BCUT2D eigenvalue weighted by atomic mass is 32.2. The minimum atomic E-state index is -0.510. The van der Waals surface area contributed by atoms with E-state index in [0.29, 0.717) is 15.9 Å². The van der Waals surface area contributed by atoms with E-state index in [1.54, 1.807) is 6.07 Å². The van der Waals surface area contributed by atoms with Crippen LogP contribution in [0.2, 0.25) is 0 Å². The van der Waals surface area contributed by atoms with Gasteiger partial charge in [-0.3, -0.25) is 5.10 Å².